The molecular weight excluding hydrogens is 288 g/mol. The highest BCUT2D eigenvalue weighted by molar-refractivity contribution is 5.77. The number of carbonyl (C=O) groups excluding carboxylic acids is 1. The van der Waals surface area contributed by atoms with E-state index in [9.17, 15) is 4.79 Å². The Labute approximate surface area is 137 Å². The summed E-state index contributed by atoms with van der Waals surface area (Å²) in [5.41, 5.74) is 2.66. The highest BCUT2D eigenvalue weighted by Gasteiger charge is 2.44. The molecule has 4 heterocycles. The van der Waals surface area contributed by atoms with Crippen LogP contribution in [0.25, 0.3) is 0 Å². The number of piperidine rings is 3. The Bertz CT molecular complexity index is 646. The summed E-state index contributed by atoms with van der Waals surface area (Å²) in [4.78, 5) is 26.1. The van der Waals surface area contributed by atoms with Crippen molar-refractivity contribution in [2.75, 3.05) is 24.5 Å². The third-order valence-corrected chi connectivity index (χ3v) is 6.33. The molecule has 0 unspecified atom stereocenters. The molecule has 1 aliphatic carbocycles. The molecule has 0 N–H and O–H groups in total. The largest absolute Gasteiger partial charge is 0.356 e. The highest BCUT2D eigenvalue weighted by Crippen LogP contribution is 2.40. The van der Waals surface area contributed by atoms with Gasteiger partial charge in [0.2, 0.25) is 5.91 Å². The van der Waals surface area contributed by atoms with E-state index < -0.39 is 0 Å². The Morgan fingerprint density at radius 3 is 2.96 bits per heavy atom. The summed E-state index contributed by atoms with van der Waals surface area (Å²) in [6.07, 6.45) is 9.52. The summed E-state index contributed by atoms with van der Waals surface area (Å²) >= 11 is 0. The topological polar surface area (TPSA) is 49.3 Å². The molecule has 0 spiro atoms. The maximum Gasteiger partial charge on any atom is 0.222 e. The van der Waals surface area contributed by atoms with Crippen molar-refractivity contribution in [2.45, 2.75) is 51.0 Å². The molecule has 3 saturated heterocycles. The zero-order chi connectivity index (χ0) is 15.4. The first-order chi connectivity index (χ1) is 11.3. The predicted octanol–water partition coefficient (Wildman–Crippen LogP) is 1.80. The molecule has 0 aromatic carbocycles. The quantitative estimate of drug-likeness (QED) is 0.793. The maximum absolute atomic E-state index is 12.3. The van der Waals surface area contributed by atoms with Crippen molar-refractivity contribution in [3.05, 3.63) is 17.6 Å². The van der Waals surface area contributed by atoms with Gasteiger partial charge in [0.25, 0.3) is 0 Å². The van der Waals surface area contributed by atoms with Gasteiger partial charge in [-0.25, -0.2) is 9.97 Å². The third-order valence-electron chi connectivity index (χ3n) is 6.33. The zero-order valence-electron chi connectivity index (χ0n) is 13.6. The molecule has 5 heteroatoms. The summed E-state index contributed by atoms with van der Waals surface area (Å²) in [5, 5.41) is 0. The molecule has 23 heavy (non-hydrogen) atoms. The number of hydrogen-bond donors (Lipinski definition) is 0. The van der Waals surface area contributed by atoms with E-state index in [2.05, 4.69) is 19.8 Å². The zero-order valence-corrected chi connectivity index (χ0v) is 13.6. The van der Waals surface area contributed by atoms with Gasteiger partial charge in [-0.15, -0.1) is 0 Å². The minimum atomic E-state index is 0.396. The summed E-state index contributed by atoms with van der Waals surface area (Å²) in [5.74, 6) is 2.82. The standard InChI is InChI=1S/C18H24N4O/c23-17-6-2-5-16-13-7-12(9-22(16)17)8-21(10-13)18-14-3-1-4-15(14)19-11-20-18/h11-13,16H,1-10H2/t12-,13-,16+/m1/s1. The van der Waals surface area contributed by atoms with Crippen molar-refractivity contribution in [3.63, 3.8) is 0 Å². The van der Waals surface area contributed by atoms with Crippen molar-refractivity contribution in [2.24, 2.45) is 11.8 Å². The molecule has 5 nitrogen and oxygen atoms in total. The number of aryl methyl sites for hydroxylation is 1. The Balaban J connectivity index is 1.44. The molecule has 4 aliphatic rings. The van der Waals surface area contributed by atoms with Crippen LogP contribution in [-0.4, -0.2) is 46.5 Å². The van der Waals surface area contributed by atoms with E-state index in [0.29, 0.717) is 23.8 Å². The van der Waals surface area contributed by atoms with E-state index >= 15 is 0 Å². The first-order valence-corrected chi connectivity index (χ1v) is 9.17. The number of amides is 1. The number of rotatable bonds is 1. The minimum Gasteiger partial charge on any atom is -0.356 e. The molecule has 1 aromatic rings. The number of carbonyl (C=O) groups is 1. The van der Waals surface area contributed by atoms with Crippen molar-refractivity contribution >= 4 is 11.7 Å². The number of aromatic nitrogens is 2. The maximum atomic E-state index is 12.3. The van der Waals surface area contributed by atoms with Gasteiger partial charge >= 0.3 is 0 Å². The lowest BCUT2D eigenvalue weighted by Crippen LogP contribution is -2.60. The van der Waals surface area contributed by atoms with Crippen molar-refractivity contribution in [1.29, 1.82) is 0 Å². The summed E-state index contributed by atoms with van der Waals surface area (Å²) in [6.45, 7) is 3.08. The predicted molar refractivity (Wildman–Crippen MR) is 87.2 cm³/mol. The van der Waals surface area contributed by atoms with Crippen LogP contribution in [0, 0.1) is 11.8 Å². The number of fused-ring (bicyclic) bond motifs is 5. The minimum absolute atomic E-state index is 0.396. The van der Waals surface area contributed by atoms with Crippen LogP contribution < -0.4 is 4.90 Å². The molecule has 3 fully saturated rings. The van der Waals surface area contributed by atoms with Gasteiger partial charge in [-0.05, 0) is 50.4 Å². The van der Waals surface area contributed by atoms with Gasteiger partial charge in [0.15, 0.2) is 0 Å². The monoisotopic (exact) mass is 312 g/mol. The Hall–Kier alpha value is -1.65. The van der Waals surface area contributed by atoms with Gasteiger partial charge in [0.1, 0.15) is 12.1 Å². The second-order valence-electron chi connectivity index (χ2n) is 7.75. The molecule has 0 radical (unpaired) electrons. The van der Waals surface area contributed by atoms with E-state index in [4.69, 9.17) is 0 Å². The molecule has 0 saturated carbocycles. The molecule has 122 valence electrons. The van der Waals surface area contributed by atoms with Gasteiger partial charge < -0.3 is 9.80 Å². The van der Waals surface area contributed by atoms with Gasteiger partial charge in [0.05, 0.1) is 0 Å². The van der Waals surface area contributed by atoms with Crippen LogP contribution >= 0.6 is 0 Å². The Morgan fingerprint density at radius 2 is 2.00 bits per heavy atom. The van der Waals surface area contributed by atoms with Crippen LogP contribution in [0.2, 0.25) is 0 Å². The SMILES string of the molecule is O=C1CCC[C@H]2[C@@H]3C[C@H](CN(c4ncnc5c4CCC5)C3)CN12. The summed E-state index contributed by atoms with van der Waals surface area (Å²) < 4.78 is 0. The smallest absolute Gasteiger partial charge is 0.222 e. The van der Waals surface area contributed by atoms with E-state index in [-0.39, 0.29) is 0 Å². The van der Waals surface area contributed by atoms with E-state index in [1.165, 1.54) is 36.3 Å². The average Bonchev–Trinajstić information content (AvgIpc) is 3.04. The lowest BCUT2D eigenvalue weighted by Gasteiger charge is -2.52. The van der Waals surface area contributed by atoms with Crippen LogP contribution in [0.15, 0.2) is 6.33 Å². The molecule has 5 rings (SSSR count). The van der Waals surface area contributed by atoms with E-state index in [1.807, 2.05) is 0 Å². The number of anilines is 1. The fraction of sp³-hybridized carbons (Fsp3) is 0.722. The van der Waals surface area contributed by atoms with Crippen molar-refractivity contribution in [3.8, 4) is 0 Å². The van der Waals surface area contributed by atoms with Crippen molar-refractivity contribution < 1.29 is 4.79 Å². The number of nitrogens with zero attached hydrogens (tertiary/aromatic N) is 4. The molecule has 3 atom stereocenters. The molecule has 3 aliphatic heterocycles. The van der Waals surface area contributed by atoms with Gasteiger partial charge in [-0.3, -0.25) is 4.79 Å². The molecule has 2 bridgehead atoms. The van der Waals surface area contributed by atoms with Gasteiger partial charge in [-0.1, -0.05) is 0 Å². The van der Waals surface area contributed by atoms with Gasteiger partial charge in [0, 0.05) is 43.4 Å². The van der Waals surface area contributed by atoms with Crippen LogP contribution in [0.3, 0.4) is 0 Å². The van der Waals surface area contributed by atoms with Crippen LogP contribution in [0.5, 0.6) is 0 Å². The number of hydrogen-bond acceptors (Lipinski definition) is 4. The van der Waals surface area contributed by atoms with Crippen LogP contribution in [0.1, 0.15) is 43.4 Å². The Morgan fingerprint density at radius 1 is 1.04 bits per heavy atom. The van der Waals surface area contributed by atoms with E-state index in [1.54, 1.807) is 6.33 Å². The van der Waals surface area contributed by atoms with Crippen LogP contribution in [-0.2, 0) is 17.6 Å². The van der Waals surface area contributed by atoms with Gasteiger partial charge in [-0.2, -0.15) is 0 Å². The Kier molecular flexibility index (Phi) is 3.10. The fourth-order valence-electron chi connectivity index (χ4n) is 5.40. The lowest BCUT2D eigenvalue weighted by molar-refractivity contribution is -0.142. The van der Waals surface area contributed by atoms with Crippen LogP contribution in [0.4, 0.5) is 5.82 Å². The normalized spacial score (nSPS) is 32.7. The third kappa shape index (κ3) is 2.16. The van der Waals surface area contributed by atoms with Crippen molar-refractivity contribution in [1.82, 2.24) is 14.9 Å². The summed E-state index contributed by atoms with van der Waals surface area (Å²) in [7, 11) is 0. The van der Waals surface area contributed by atoms with E-state index in [0.717, 1.165) is 45.3 Å². The highest BCUT2D eigenvalue weighted by atomic mass is 16.2. The lowest BCUT2D eigenvalue weighted by atomic mass is 9.76. The second kappa shape index (κ2) is 5.18. The fourth-order valence-corrected chi connectivity index (χ4v) is 5.40. The first kappa shape index (κ1) is 13.8. The average molecular weight is 312 g/mol. The summed E-state index contributed by atoms with van der Waals surface area (Å²) in [6, 6.07) is 0.477. The second-order valence-corrected chi connectivity index (χ2v) is 7.75. The molecule has 1 aromatic heterocycles. The first-order valence-electron chi connectivity index (χ1n) is 9.17. The molecular formula is C18H24N4O. The molecule has 1 amide bonds.